The molecule has 4 aliphatic rings. The summed E-state index contributed by atoms with van der Waals surface area (Å²) >= 11 is -1.81. The van der Waals surface area contributed by atoms with E-state index in [2.05, 4.69) is 85.9 Å². The van der Waals surface area contributed by atoms with Crippen LogP contribution in [0.5, 0.6) is 0 Å². The average Bonchev–Trinajstić information content (AvgIpc) is 3.29. The number of rotatable bonds is 2. The predicted molar refractivity (Wildman–Crippen MR) is 125 cm³/mol. The van der Waals surface area contributed by atoms with Crippen LogP contribution in [0.2, 0.25) is 13.1 Å². The molecule has 0 saturated carbocycles. The van der Waals surface area contributed by atoms with Gasteiger partial charge in [-0.3, -0.25) is 0 Å². The van der Waals surface area contributed by atoms with E-state index in [9.17, 15) is 0 Å². The first-order chi connectivity index (χ1) is 14.8. The molecule has 4 aliphatic carbocycles. The summed E-state index contributed by atoms with van der Waals surface area (Å²) in [5.74, 6) is 3.20. The SMILES string of the molecule is C[Si](C)=[Zr+2]([CH]1c2ccccc2C2C=CCCC21)[CH]1c2ccccc2C2C=CCCC21.[Cl-].[Cl-]. The molecule has 6 unspecified atom stereocenters. The van der Waals surface area contributed by atoms with E-state index in [-0.39, 0.29) is 30.2 Å². The van der Waals surface area contributed by atoms with Gasteiger partial charge < -0.3 is 24.8 Å². The zero-order valence-electron chi connectivity index (χ0n) is 19.0. The van der Waals surface area contributed by atoms with Gasteiger partial charge >= 0.3 is 191 Å². The van der Waals surface area contributed by atoms with E-state index in [1.165, 1.54) is 25.7 Å². The van der Waals surface area contributed by atoms with Crippen molar-refractivity contribution >= 4 is 5.43 Å². The summed E-state index contributed by atoms with van der Waals surface area (Å²) in [5, 5.41) is 0. The van der Waals surface area contributed by atoms with E-state index in [1.54, 1.807) is 22.3 Å². The number of halogens is 2. The maximum absolute atomic E-state index is 2.70. The van der Waals surface area contributed by atoms with Crippen LogP contribution in [0.1, 0.15) is 67.0 Å². The van der Waals surface area contributed by atoms with Crippen LogP contribution in [0.4, 0.5) is 0 Å². The first-order valence-corrected chi connectivity index (χ1v) is 21.0. The van der Waals surface area contributed by atoms with Crippen molar-refractivity contribution < 1.29 is 45.2 Å². The Labute approximate surface area is 214 Å². The molecule has 0 aliphatic heterocycles. The number of allylic oxidation sites excluding steroid dienone is 4. The summed E-state index contributed by atoms with van der Waals surface area (Å²) < 4.78 is 1.87. The van der Waals surface area contributed by atoms with Gasteiger partial charge in [0.05, 0.1) is 0 Å². The minimum absolute atomic E-state index is 0. The van der Waals surface area contributed by atoms with E-state index < -0.39 is 20.4 Å². The fraction of sp³-hybridized carbons (Fsp3) is 0.429. The number of hydrogen-bond acceptors (Lipinski definition) is 0. The van der Waals surface area contributed by atoms with Gasteiger partial charge in [0.15, 0.2) is 0 Å². The van der Waals surface area contributed by atoms with Gasteiger partial charge in [-0.1, -0.05) is 0 Å². The molecule has 0 aromatic heterocycles. The third kappa shape index (κ3) is 3.82. The molecule has 0 fully saturated rings. The van der Waals surface area contributed by atoms with Crippen LogP contribution in [-0.2, 0) is 20.4 Å². The van der Waals surface area contributed by atoms with Crippen molar-refractivity contribution in [1.82, 2.24) is 0 Å². The number of benzene rings is 2. The van der Waals surface area contributed by atoms with Gasteiger partial charge in [-0.15, -0.1) is 0 Å². The van der Waals surface area contributed by atoms with E-state index in [0.717, 1.165) is 19.1 Å². The minimum Gasteiger partial charge on any atom is -1.00 e. The summed E-state index contributed by atoms with van der Waals surface area (Å²) in [4.78, 5) is 0. The standard InChI is InChI=1S/2C13H13.C2H6Si.2ClH.Zr/c2*1-3-7-12-10(5-1)9-11-6-2-4-8-13(11)12;1-3-2;;;/h2*1,3-5,7-9,11,13H,2,6H2;1-2H3;2*1H;/q;;;;;+2/p-2. The Hall–Kier alpha value is -0.400. The molecule has 0 nitrogen and oxygen atoms in total. The molecule has 166 valence electrons. The molecule has 0 heterocycles. The third-order valence-electron chi connectivity index (χ3n) is 8.43. The Morgan fingerprint density at radius 3 is 1.47 bits per heavy atom. The van der Waals surface area contributed by atoms with E-state index in [4.69, 9.17) is 0 Å². The molecule has 4 heteroatoms. The van der Waals surface area contributed by atoms with Crippen LogP contribution in [0.15, 0.2) is 72.8 Å². The molecule has 6 atom stereocenters. The first-order valence-electron chi connectivity index (χ1n) is 11.9. The topological polar surface area (TPSA) is 0 Å². The minimum atomic E-state index is -1.81. The molecule has 0 bridgehead atoms. The average molecular weight is 559 g/mol. The Morgan fingerprint density at radius 1 is 0.656 bits per heavy atom. The largest absolute Gasteiger partial charge is 1.00 e. The predicted octanol–water partition coefficient (Wildman–Crippen LogP) is 1.47. The van der Waals surface area contributed by atoms with Gasteiger partial charge in [0, 0.05) is 0 Å². The van der Waals surface area contributed by atoms with Crippen molar-refractivity contribution in [3.05, 3.63) is 95.1 Å². The monoisotopic (exact) mass is 556 g/mol. The van der Waals surface area contributed by atoms with Gasteiger partial charge in [0.2, 0.25) is 0 Å². The first kappa shape index (κ1) is 24.7. The molecule has 32 heavy (non-hydrogen) atoms. The molecule has 0 saturated heterocycles. The van der Waals surface area contributed by atoms with Crippen LogP contribution in [0.3, 0.4) is 0 Å². The fourth-order valence-corrected chi connectivity index (χ4v) is 30.2. The summed E-state index contributed by atoms with van der Waals surface area (Å²) in [6.45, 7) is 5.39. The molecular formula is C28H32Cl2SiZr. The van der Waals surface area contributed by atoms with Gasteiger partial charge in [-0.05, 0) is 0 Å². The van der Waals surface area contributed by atoms with Gasteiger partial charge in [-0.2, -0.15) is 0 Å². The Morgan fingerprint density at radius 2 is 1.06 bits per heavy atom. The smallest absolute Gasteiger partial charge is 1.00 e. The van der Waals surface area contributed by atoms with Crippen LogP contribution in [0.25, 0.3) is 0 Å². The maximum atomic E-state index is 2.70. The van der Waals surface area contributed by atoms with Crippen molar-refractivity contribution in [3.8, 4) is 0 Å². The quantitative estimate of drug-likeness (QED) is 0.387. The maximum Gasteiger partial charge on any atom is -1.00 e. The van der Waals surface area contributed by atoms with Crippen molar-refractivity contribution in [2.75, 3.05) is 0 Å². The summed E-state index contributed by atoms with van der Waals surface area (Å²) in [6, 6.07) is 19.3. The zero-order chi connectivity index (χ0) is 20.2. The van der Waals surface area contributed by atoms with Crippen molar-refractivity contribution in [3.63, 3.8) is 0 Å². The van der Waals surface area contributed by atoms with E-state index >= 15 is 0 Å². The van der Waals surface area contributed by atoms with E-state index in [0.29, 0.717) is 11.8 Å². The second-order valence-corrected chi connectivity index (χ2v) is 28.1. The molecule has 2 aromatic carbocycles. The zero-order valence-corrected chi connectivity index (χ0v) is 23.9. The van der Waals surface area contributed by atoms with Crippen molar-refractivity contribution in [2.24, 2.45) is 11.8 Å². The normalized spacial score (nSPS) is 30.5. The van der Waals surface area contributed by atoms with Gasteiger partial charge in [0.1, 0.15) is 0 Å². The summed E-state index contributed by atoms with van der Waals surface area (Å²) in [7, 11) is 0. The van der Waals surface area contributed by atoms with E-state index in [1.807, 2.05) is 0 Å². The van der Waals surface area contributed by atoms with Crippen molar-refractivity contribution in [2.45, 2.75) is 57.9 Å². The third-order valence-corrected chi connectivity index (χ3v) is 28.7. The molecule has 0 spiro atoms. The Balaban J connectivity index is 0.00000122. The Bertz CT molecular complexity index is 1000. The summed E-state index contributed by atoms with van der Waals surface area (Å²) in [6.07, 6.45) is 15.5. The van der Waals surface area contributed by atoms with Crippen LogP contribution >= 0.6 is 0 Å². The fourth-order valence-electron chi connectivity index (χ4n) is 7.39. The molecule has 0 amide bonds. The molecular weight excluding hydrogens is 527 g/mol. The number of hydrogen-bond donors (Lipinski definition) is 0. The number of fused-ring (bicyclic) bond motifs is 6. The second kappa shape index (κ2) is 10.1. The molecule has 2 aromatic rings. The molecule has 0 N–H and O–H groups in total. The summed E-state index contributed by atoms with van der Waals surface area (Å²) in [5.41, 5.74) is 6.68. The molecule has 0 radical (unpaired) electrons. The Kier molecular flexibility index (Phi) is 7.78. The van der Waals surface area contributed by atoms with Crippen molar-refractivity contribution in [1.29, 1.82) is 0 Å². The van der Waals surface area contributed by atoms with Crippen LogP contribution < -0.4 is 24.8 Å². The van der Waals surface area contributed by atoms with Gasteiger partial charge in [0.25, 0.3) is 0 Å². The van der Waals surface area contributed by atoms with Crippen LogP contribution in [0, 0.1) is 11.8 Å². The van der Waals surface area contributed by atoms with Gasteiger partial charge in [-0.25, -0.2) is 0 Å². The second-order valence-electron chi connectivity index (χ2n) is 10.1. The van der Waals surface area contributed by atoms with Crippen LogP contribution in [-0.4, -0.2) is 5.43 Å². The molecule has 6 rings (SSSR count).